The molecule has 5 amide bonds. The number of aliphatic hydroxyl groups is 1. The summed E-state index contributed by atoms with van der Waals surface area (Å²) in [6.07, 6.45) is -1.30. The third kappa shape index (κ3) is 12.6. The third-order valence-electron chi connectivity index (χ3n) is 9.54. The number of methoxy groups -OCH3 is 1. The van der Waals surface area contributed by atoms with Gasteiger partial charge in [-0.2, -0.15) is 0 Å². The Kier molecular flexibility index (Phi) is 14.6. The molecule has 0 saturated carbocycles. The van der Waals surface area contributed by atoms with Gasteiger partial charge in [-0.3, -0.25) is 20.0 Å². The lowest BCUT2D eigenvalue weighted by molar-refractivity contribution is -0.133. The minimum Gasteiger partial charge on any atom is -0.453 e. The predicted molar refractivity (Wildman–Crippen MR) is 207 cm³/mol. The number of amides is 5. The first kappa shape index (κ1) is 41.7. The van der Waals surface area contributed by atoms with Crippen molar-refractivity contribution < 1.29 is 29.0 Å². The lowest BCUT2D eigenvalue weighted by Gasteiger charge is -2.39. The highest BCUT2D eigenvalue weighted by molar-refractivity contribution is 5.84. The van der Waals surface area contributed by atoms with Crippen LogP contribution in [-0.2, 0) is 33.8 Å². The summed E-state index contributed by atoms with van der Waals surface area (Å²) in [5.74, 6) is -1.23. The van der Waals surface area contributed by atoms with Crippen molar-refractivity contribution in [1.82, 2.24) is 36.3 Å². The fourth-order valence-electron chi connectivity index (χ4n) is 6.88. The maximum absolute atomic E-state index is 14.6. The summed E-state index contributed by atoms with van der Waals surface area (Å²) in [7, 11) is 1.28. The van der Waals surface area contributed by atoms with Gasteiger partial charge in [-0.25, -0.2) is 14.6 Å². The molecule has 0 spiro atoms. The Labute approximate surface area is 319 Å². The molecule has 4 atom stereocenters. The molecular weight excluding hydrogens is 686 g/mol. The number of hydrogen-bond donors (Lipinski definition) is 5. The third-order valence-corrected chi connectivity index (χ3v) is 9.54. The minimum absolute atomic E-state index is 0.00589. The van der Waals surface area contributed by atoms with Crippen LogP contribution in [-0.4, -0.2) is 88.9 Å². The zero-order valence-corrected chi connectivity index (χ0v) is 32.6. The van der Waals surface area contributed by atoms with Crippen molar-refractivity contribution in [2.24, 2.45) is 16.7 Å². The maximum atomic E-state index is 14.6. The van der Waals surface area contributed by atoms with Crippen LogP contribution in [0, 0.1) is 23.7 Å². The van der Waals surface area contributed by atoms with Gasteiger partial charge in [-0.15, -0.1) is 0 Å². The molecule has 1 aromatic heterocycles. The van der Waals surface area contributed by atoms with Crippen LogP contribution in [0.3, 0.4) is 0 Å². The van der Waals surface area contributed by atoms with Crippen molar-refractivity contribution in [3.05, 3.63) is 101 Å². The Hall–Kier alpha value is -5.01. The van der Waals surface area contributed by atoms with E-state index < -0.39 is 41.0 Å². The second kappa shape index (κ2) is 18.8. The van der Waals surface area contributed by atoms with Crippen LogP contribution in [0.25, 0.3) is 0 Å². The fourth-order valence-corrected chi connectivity index (χ4v) is 6.88. The normalized spacial score (nSPS) is 16.3. The van der Waals surface area contributed by atoms with Crippen molar-refractivity contribution in [3.8, 4) is 0 Å². The van der Waals surface area contributed by atoms with E-state index >= 15 is 0 Å². The first-order valence-electron chi connectivity index (χ1n) is 18.4. The van der Waals surface area contributed by atoms with Crippen LogP contribution in [0.2, 0.25) is 0 Å². The molecule has 4 unspecified atom stereocenters. The number of alkyl carbamates (subject to hydrolysis) is 1. The van der Waals surface area contributed by atoms with Gasteiger partial charge in [0, 0.05) is 38.3 Å². The van der Waals surface area contributed by atoms with E-state index in [0.717, 1.165) is 22.5 Å². The van der Waals surface area contributed by atoms with E-state index in [1.54, 1.807) is 9.91 Å². The molecule has 0 bridgehead atoms. The van der Waals surface area contributed by atoms with Crippen LogP contribution in [0.4, 0.5) is 9.59 Å². The van der Waals surface area contributed by atoms with E-state index in [0.29, 0.717) is 13.0 Å². The highest BCUT2D eigenvalue weighted by atomic mass is 16.5. The Bertz CT molecular complexity index is 1700. The number of ether oxygens (including phenoxy) is 1. The summed E-state index contributed by atoms with van der Waals surface area (Å²) in [5.41, 5.74) is 5.20. The number of carbonyl (C=O) groups excluding carboxylic acids is 4. The molecule has 1 fully saturated rings. The van der Waals surface area contributed by atoms with Gasteiger partial charge < -0.3 is 30.7 Å². The summed E-state index contributed by atoms with van der Waals surface area (Å²) in [6.45, 7) is 12.6. The van der Waals surface area contributed by atoms with E-state index in [-0.39, 0.29) is 50.4 Å². The number of nitrogens with one attached hydrogen (secondary N) is 4. The fraction of sp³-hybridized carbons (Fsp3) is 0.488. The van der Waals surface area contributed by atoms with Gasteiger partial charge >= 0.3 is 12.1 Å². The topological polar surface area (TPSA) is 165 Å². The number of hydrogen-bond acceptors (Lipinski definition) is 8. The quantitative estimate of drug-likeness (QED) is 0.128. The Morgan fingerprint density at radius 3 is 2.24 bits per heavy atom. The highest BCUT2D eigenvalue weighted by Crippen LogP contribution is 2.34. The number of aliphatic hydroxyl groups excluding tert-OH is 1. The molecule has 1 aliphatic rings. The maximum Gasteiger partial charge on any atom is 0.406 e. The molecule has 3 aromatic rings. The molecule has 54 heavy (non-hydrogen) atoms. The number of benzene rings is 2. The van der Waals surface area contributed by atoms with Gasteiger partial charge in [0.05, 0.1) is 43.5 Å². The Balaban J connectivity index is 1.58. The summed E-state index contributed by atoms with van der Waals surface area (Å²) in [5, 5.41) is 22.4. The van der Waals surface area contributed by atoms with Crippen molar-refractivity contribution in [3.63, 3.8) is 0 Å². The highest BCUT2D eigenvalue weighted by Gasteiger charge is 2.46. The van der Waals surface area contributed by atoms with Crippen LogP contribution in [0.5, 0.6) is 0 Å². The molecule has 5 N–H and O–H groups in total. The standard InChI is InChI=1S/C41H57N7O6/c1-28-15-14-20-31(44-28)25-48-33(23-42-38(48)52)36(40(2,3)4)37(51)45-32(21-29-16-10-8-11-17-29)34(49)26-47(24-30-18-12-9-13-19-30)46-35(50)22-41(5,6)27-43-39(53)54-7/h8-20,32-34,36,49H,21-27H2,1-7H3,(H,42,52)(H,43,53)(H,45,51)(H,46,50). The number of aryl methyl sites for hydroxylation is 1. The minimum atomic E-state index is -1.12. The van der Waals surface area contributed by atoms with E-state index in [2.05, 4.69) is 31.1 Å². The van der Waals surface area contributed by atoms with Gasteiger partial charge in [0.1, 0.15) is 0 Å². The molecule has 1 aliphatic heterocycles. The number of urea groups is 1. The molecule has 13 nitrogen and oxygen atoms in total. The molecule has 292 valence electrons. The predicted octanol–water partition coefficient (Wildman–Crippen LogP) is 4.34. The van der Waals surface area contributed by atoms with E-state index in [9.17, 15) is 24.3 Å². The molecule has 13 heteroatoms. The summed E-state index contributed by atoms with van der Waals surface area (Å²) < 4.78 is 4.68. The molecule has 4 rings (SSSR count). The number of pyridine rings is 1. The number of nitrogens with zero attached hydrogens (tertiary/aromatic N) is 3. The van der Waals surface area contributed by atoms with Gasteiger partial charge in [0.25, 0.3) is 0 Å². The zero-order chi connectivity index (χ0) is 39.5. The molecule has 0 aliphatic carbocycles. The Morgan fingerprint density at radius 2 is 1.63 bits per heavy atom. The molecule has 2 heterocycles. The van der Waals surface area contributed by atoms with E-state index in [4.69, 9.17) is 0 Å². The summed E-state index contributed by atoms with van der Waals surface area (Å²) in [4.78, 5) is 59.1. The molecule has 0 radical (unpaired) electrons. The number of rotatable bonds is 17. The lowest BCUT2D eigenvalue weighted by Crippen LogP contribution is -2.57. The SMILES string of the molecule is COC(=O)NCC(C)(C)CC(=O)NN(Cc1ccccc1)CC(O)C(Cc1ccccc1)NC(=O)C(C1CNC(=O)N1Cc1cccc(C)n1)C(C)(C)C. The first-order chi connectivity index (χ1) is 25.5. The van der Waals surface area contributed by atoms with Gasteiger partial charge in [0.15, 0.2) is 0 Å². The second-order valence-corrected chi connectivity index (χ2v) is 16.0. The molecule has 1 saturated heterocycles. The molecular formula is C41H57N7O6. The van der Waals surface area contributed by atoms with Crippen molar-refractivity contribution in [2.75, 3.05) is 26.7 Å². The van der Waals surface area contributed by atoms with Gasteiger partial charge in [0.2, 0.25) is 11.8 Å². The second-order valence-electron chi connectivity index (χ2n) is 16.0. The zero-order valence-electron chi connectivity index (χ0n) is 32.6. The first-order valence-corrected chi connectivity index (χ1v) is 18.4. The van der Waals surface area contributed by atoms with Crippen molar-refractivity contribution in [2.45, 2.75) is 85.7 Å². The smallest absolute Gasteiger partial charge is 0.406 e. The van der Waals surface area contributed by atoms with Crippen LogP contribution in [0.1, 0.15) is 63.6 Å². The molecule has 2 aromatic carbocycles. The monoisotopic (exact) mass is 743 g/mol. The van der Waals surface area contributed by atoms with Crippen LogP contribution < -0.4 is 21.4 Å². The van der Waals surface area contributed by atoms with Gasteiger partial charge in [-0.1, -0.05) is 101 Å². The van der Waals surface area contributed by atoms with Crippen molar-refractivity contribution >= 4 is 23.9 Å². The number of carbonyl (C=O) groups is 4. The largest absolute Gasteiger partial charge is 0.453 e. The number of hydrazine groups is 1. The average molecular weight is 744 g/mol. The van der Waals surface area contributed by atoms with E-state index in [1.165, 1.54) is 7.11 Å². The van der Waals surface area contributed by atoms with Gasteiger partial charge in [-0.05, 0) is 47.4 Å². The lowest BCUT2D eigenvalue weighted by atomic mass is 9.75. The van der Waals surface area contributed by atoms with Crippen molar-refractivity contribution in [1.29, 1.82) is 0 Å². The van der Waals surface area contributed by atoms with Crippen LogP contribution >= 0.6 is 0 Å². The average Bonchev–Trinajstić information content (AvgIpc) is 3.45. The Morgan fingerprint density at radius 1 is 0.981 bits per heavy atom. The van der Waals surface area contributed by atoms with Crippen LogP contribution in [0.15, 0.2) is 78.9 Å². The number of aromatic nitrogens is 1. The van der Waals surface area contributed by atoms with E-state index in [1.807, 2.05) is 120 Å². The summed E-state index contributed by atoms with van der Waals surface area (Å²) >= 11 is 0. The summed E-state index contributed by atoms with van der Waals surface area (Å²) in [6, 6.07) is 23.4.